The Bertz CT molecular complexity index is 58.7. The smallest absolute Gasteiger partial charge is 0.423 e. The maximum Gasteiger partial charge on any atom is 0.662 e. The summed E-state index contributed by atoms with van der Waals surface area (Å²) in [7, 11) is 6.14. The second kappa shape index (κ2) is 4.02. The minimum atomic E-state index is -2.91. The standard InChI is InChI=1S/C3H9BO4Si/c1-5-9(6-2,7-3)8-4/h1-3H3. The second-order valence-corrected chi connectivity index (χ2v) is 3.69. The van der Waals surface area contributed by atoms with E-state index < -0.39 is 9.05 Å². The van der Waals surface area contributed by atoms with Crippen molar-refractivity contribution >= 4 is 17.1 Å². The first-order valence-electron chi connectivity index (χ1n) is 2.28. The Kier molecular flexibility index (Phi) is 4.08. The highest BCUT2D eigenvalue weighted by atomic mass is 28.4. The molecule has 4 nitrogen and oxygen atoms in total. The molecular formula is C3H9BO4Si. The van der Waals surface area contributed by atoms with Gasteiger partial charge in [-0.05, 0) is 0 Å². The third-order valence-electron chi connectivity index (χ3n) is 0.894. The normalized spacial score (nSPS) is 11.9. The fraction of sp³-hybridized carbons (Fsp3) is 1.00. The van der Waals surface area contributed by atoms with Gasteiger partial charge in [0, 0.05) is 21.3 Å². The molecule has 6 heteroatoms. The van der Waals surface area contributed by atoms with Crippen LogP contribution in [-0.2, 0) is 17.6 Å². The van der Waals surface area contributed by atoms with Gasteiger partial charge in [-0.25, -0.2) is 0 Å². The van der Waals surface area contributed by atoms with Gasteiger partial charge in [-0.1, -0.05) is 0 Å². The van der Waals surface area contributed by atoms with Gasteiger partial charge < -0.3 is 17.6 Å². The predicted octanol–water partition coefficient (Wildman–Crippen LogP) is -0.539. The van der Waals surface area contributed by atoms with Crippen LogP contribution in [0.5, 0.6) is 0 Å². The SMILES string of the molecule is [B]O[Si](OC)(OC)OC. The Morgan fingerprint density at radius 1 is 1.00 bits per heavy atom. The van der Waals surface area contributed by atoms with Gasteiger partial charge in [0.15, 0.2) is 0 Å². The molecular weight excluding hydrogens is 139 g/mol. The maximum absolute atomic E-state index is 4.83. The van der Waals surface area contributed by atoms with Gasteiger partial charge in [0.1, 0.15) is 0 Å². The monoisotopic (exact) mass is 148 g/mol. The highest BCUT2D eigenvalue weighted by Gasteiger charge is 2.39. The molecule has 0 aromatic rings. The summed E-state index contributed by atoms with van der Waals surface area (Å²) >= 11 is 0. The minimum Gasteiger partial charge on any atom is -0.423 e. The number of hydrogen-bond donors (Lipinski definition) is 0. The van der Waals surface area contributed by atoms with E-state index in [1.54, 1.807) is 0 Å². The highest BCUT2D eigenvalue weighted by Crippen LogP contribution is 2.03. The van der Waals surface area contributed by atoms with Crippen LogP contribution in [0.15, 0.2) is 0 Å². The van der Waals surface area contributed by atoms with Gasteiger partial charge in [0.2, 0.25) is 0 Å². The van der Waals surface area contributed by atoms with Gasteiger partial charge >= 0.3 is 9.05 Å². The Labute approximate surface area is 57.0 Å². The van der Waals surface area contributed by atoms with E-state index in [1.165, 1.54) is 21.3 Å². The molecule has 0 saturated carbocycles. The fourth-order valence-corrected chi connectivity index (χ4v) is 1.18. The van der Waals surface area contributed by atoms with Crippen molar-refractivity contribution < 1.29 is 17.6 Å². The van der Waals surface area contributed by atoms with Gasteiger partial charge in [-0.15, -0.1) is 0 Å². The van der Waals surface area contributed by atoms with Crippen LogP contribution in [0.3, 0.4) is 0 Å². The van der Waals surface area contributed by atoms with E-state index in [0.717, 1.165) is 0 Å². The molecule has 0 bridgehead atoms. The summed E-state index contributed by atoms with van der Waals surface area (Å²) in [4.78, 5) is 0. The zero-order valence-corrected chi connectivity index (χ0v) is 6.71. The van der Waals surface area contributed by atoms with Crippen molar-refractivity contribution in [3.05, 3.63) is 0 Å². The van der Waals surface area contributed by atoms with E-state index in [1.807, 2.05) is 0 Å². The second-order valence-electron chi connectivity index (χ2n) is 1.23. The van der Waals surface area contributed by atoms with Gasteiger partial charge in [0.25, 0.3) is 8.05 Å². The molecule has 0 aromatic carbocycles. The highest BCUT2D eigenvalue weighted by molar-refractivity contribution is 6.57. The predicted molar refractivity (Wildman–Crippen MR) is 33.6 cm³/mol. The molecule has 0 fully saturated rings. The molecule has 0 saturated heterocycles. The van der Waals surface area contributed by atoms with E-state index >= 15 is 0 Å². The van der Waals surface area contributed by atoms with E-state index in [0.29, 0.717) is 0 Å². The molecule has 0 aliphatic carbocycles. The maximum atomic E-state index is 4.83. The van der Waals surface area contributed by atoms with Crippen molar-refractivity contribution in [3.8, 4) is 0 Å². The zero-order valence-electron chi connectivity index (χ0n) is 5.71. The number of hydrogen-bond acceptors (Lipinski definition) is 4. The summed E-state index contributed by atoms with van der Waals surface area (Å²) < 4.78 is 18.6. The lowest BCUT2D eigenvalue weighted by molar-refractivity contribution is 0.0544. The third kappa shape index (κ3) is 2.07. The third-order valence-corrected chi connectivity index (χ3v) is 2.68. The van der Waals surface area contributed by atoms with Crippen LogP contribution < -0.4 is 0 Å². The van der Waals surface area contributed by atoms with Crippen LogP contribution in [0.2, 0.25) is 0 Å². The van der Waals surface area contributed by atoms with Gasteiger partial charge in [0.05, 0.1) is 0 Å². The fourth-order valence-electron chi connectivity index (χ4n) is 0.394. The Morgan fingerprint density at radius 3 is 1.33 bits per heavy atom. The summed E-state index contributed by atoms with van der Waals surface area (Å²) in [6, 6.07) is 0. The molecule has 9 heavy (non-hydrogen) atoms. The van der Waals surface area contributed by atoms with Gasteiger partial charge in [-0.3, -0.25) is 0 Å². The molecule has 0 aliphatic rings. The van der Waals surface area contributed by atoms with Crippen LogP contribution >= 0.6 is 0 Å². The summed E-state index contributed by atoms with van der Waals surface area (Å²) in [5.74, 6) is 0. The summed E-state index contributed by atoms with van der Waals surface area (Å²) in [5, 5.41) is 0. The summed E-state index contributed by atoms with van der Waals surface area (Å²) in [6.45, 7) is 0. The van der Waals surface area contributed by atoms with Gasteiger partial charge in [-0.2, -0.15) is 0 Å². The Balaban J connectivity index is 3.82. The van der Waals surface area contributed by atoms with E-state index in [9.17, 15) is 0 Å². The van der Waals surface area contributed by atoms with Crippen molar-refractivity contribution in [1.29, 1.82) is 0 Å². The first-order chi connectivity index (χ1) is 4.24. The van der Waals surface area contributed by atoms with E-state index in [-0.39, 0.29) is 0 Å². The molecule has 0 unspecified atom stereocenters. The van der Waals surface area contributed by atoms with Crippen LogP contribution in [0.1, 0.15) is 0 Å². The lowest BCUT2D eigenvalue weighted by Crippen LogP contribution is -2.45. The molecule has 0 heterocycles. The van der Waals surface area contributed by atoms with Crippen molar-refractivity contribution in [3.63, 3.8) is 0 Å². The number of rotatable bonds is 4. The molecule has 0 N–H and O–H groups in total. The minimum absolute atomic E-state index is 1.41. The molecule has 0 spiro atoms. The quantitative estimate of drug-likeness (QED) is 0.501. The first kappa shape index (κ1) is 9.12. The molecule has 52 valence electrons. The first-order valence-corrected chi connectivity index (χ1v) is 3.91. The summed E-state index contributed by atoms with van der Waals surface area (Å²) in [5.41, 5.74) is 0. The van der Waals surface area contributed by atoms with Crippen molar-refractivity contribution in [2.45, 2.75) is 0 Å². The topological polar surface area (TPSA) is 36.9 Å². The molecule has 0 aromatic heterocycles. The largest absolute Gasteiger partial charge is 0.662 e. The molecule has 0 aliphatic heterocycles. The van der Waals surface area contributed by atoms with E-state index in [4.69, 9.17) is 21.3 Å². The average molecular weight is 148 g/mol. The van der Waals surface area contributed by atoms with Crippen LogP contribution in [0, 0.1) is 0 Å². The molecule has 0 amide bonds. The van der Waals surface area contributed by atoms with Crippen LogP contribution in [0.25, 0.3) is 0 Å². The lowest BCUT2D eigenvalue weighted by Gasteiger charge is -2.20. The molecule has 2 radical (unpaired) electrons. The van der Waals surface area contributed by atoms with Crippen molar-refractivity contribution in [2.24, 2.45) is 0 Å². The molecule has 0 rings (SSSR count). The average Bonchev–Trinajstić information content (AvgIpc) is 1.95. The Morgan fingerprint density at radius 2 is 1.33 bits per heavy atom. The molecule has 0 atom stereocenters. The van der Waals surface area contributed by atoms with E-state index in [2.05, 4.69) is 4.34 Å². The van der Waals surface area contributed by atoms with Crippen molar-refractivity contribution in [1.82, 2.24) is 0 Å². The Hall–Kier alpha value is 0.122. The van der Waals surface area contributed by atoms with Crippen LogP contribution in [-0.4, -0.2) is 38.4 Å². The van der Waals surface area contributed by atoms with Crippen LogP contribution in [0.4, 0.5) is 0 Å². The zero-order chi connectivity index (χ0) is 7.33. The lowest BCUT2D eigenvalue weighted by atomic mass is 10.6. The van der Waals surface area contributed by atoms with Crippen molar-refractivity contribution in [2.75, 3.05) is 21.3 Å². The summed E-state index contributed by atoms with van der Waals surface area (Å²) in [6.07, 6.45) is 0.